The van der Waals surface area contributed by atoms with Crippen LogP contribution in [0.5, 0.6) is 0 Å². The average molecular weight is 523 g/mol. The van der Waals surface area contributed by atoms with E-state index in [4.69, 9.17) is 16.6 Å². The average Bonchev–Trinajstić information content (AvgIpc) is 3.66. The van der Waals surface area contributed by atoms with Crippen molar-refractivity contribution in [3.05, 3.63) is 98.7 Å². The Hall–Kier alpha value is -3.99. The molecule has 1 atom stereocenters. The van der Waals surface area contributed by atoms with Gasteiger partial charge in [0.1, 0.15) is 5.65 Å². The number of nitrogens with one attached hydrogen (secondary N) is 2. The Labute approximate surface area is 226 Å². The van der Waals surface area contributed by atoms with Crippen molar-refractivity contribution in [3.63, 3.8) is 0 Å². The van der Waals surface area contributed by atoms with Gasteiger partial charge in [0.2, 0.25) is 5.95 Å². The summed E-state index contributed by atoms with van der Waals surface area (Å²) in [5.41, 5.74) is 4.71. The number of pyridine rings is 2. The zero-order valence-electron chi connectivity index (χ0n) is 20.9. The number of hydrogen-bond acceptors (Lipinski definition) is 6. The van der Waals surface area contributed by atoms with Crippen molar-refractivity contribution in [2.75, 3.05) is 18.4 Å². The molecular weight excluding hydrogens is 496 g/mol. The van der Waals surface area contributed by atoms with Gasteiger partial charge in [0.05, 0.1) is 12.1 Å². The van der Waals surface area contributed by atoms with Gasteiger partial charge in [-0.15, -0.1) is 0 Å². The number of rotatable bonds is 5. The third-order valence-corrected chi connectivity index (χ3v) is 7.47. The molecule has 6 rings (SSSR count). The maximum atomic E-state index is 13.6. The topological polar surface area (TPSA) is 84.7 Å². The van der Waals surface area contributed by atoms with Crippen LogP contribution >= 0.6 is 11.6 Å². The monoisotopic (exact) mass is 522 g/mol. The number of hydrogen-bond donors (Lipinski definition) is 2. The zero-order valence-corrected chi connectivity index (χ0v) is 21.6. The lowest BCUT2D eigenvalue weighted by atomic mass is 9.98. The van der Waals surface area contributed by atoms with E-state index in [0.29, 0.717) is 28.1 Å². The number of anilines is 2. The van der Waals surface area contributed by atoms with Crippen LogP contribution in [-0.2, 0) is 6.54 Å². The molecule has 4 aromatic rings. The fourth-order valence-corrected chi connectivity index (χ4v) is 5.16. The number of benzene rings is 1. The lowest BCUT2D eigenvalue weighted by molar-refractivity contribution is 0.763. The molecule has 1 fully saturated rings. The van der Waals surface area contributed by atoms with Crippen LogP contribution in [0.1, 0.15) is 48.3 Å². The molecule has 7 nitrogen and oxygen atoms in total. The molecule has 0 bridgehead atoms. The Kier molecular flexibility index (Phi) is 6.91. The van der Waals surface area contributed by atoms with E-state index in [1.807, 2.05) is 12.1 Å². The predicted molar refractivity (Wildman–Crippen MR) is 151 cm³/mol. The van der Waals surface area contributed by atoms with E-state index in [0.717, 1.165) is 61.0 Å². The van der Waals surface area contributed by atoms with E-state index < -0.39 is 0 Å². The van der Waals surface area contributed by atoms with Gasteiger partial charge >= 0.3 is 0 Å². The van der Waals surface area contributed by atoms with Crippen LogP contribution < -0.4 is 16.2 Å². The van der Waals surface area contributed by atoms with Gasteiger partial charge in [-0.1, -0.05) is 41.7 Å². The normalized spacial score (nSPS) is 16.8. The maximum Gasteiger partial charge on any atom is 0.268 e. The highest BCUT2D eigenvalue weighted by molar-refractivity contribution is 6.31. The SMILES string of the molecule is O=c1c(C#CC2=CCCC2)cc2cnc(Nc3ccc(C4CCNC4)cc3)nc2n1Cc1cnccc1Cl. The lowest BCUT2D eigenvalue weighted by Gasteiger charge is -2.13. The molecular formula is C30H27ClN6O. The van der Waals surface area contributed by atoms with E-state index in [1.54, 1.807) is 35.3 Å². The number of allylic oxidation sites excluding steroid dienone is 2. The first-order valence-corrected chi connectivity index (χ1v) is 13.3. The first kappa shape index (κ1) is 24.4. The van der Waals surface area contributed by atoms with Crippen LogP contribution in [0, 0.1) is 11.8 Å². The van der Waals surface area contributed by atoms with Gasteiger partial charge in [-0.2, -0.15) is 4.98 Å². The summed E-state index contributed by atoms with van der Waals surface area (Å²) in [5.74, 6) is 7.23. The van der Waals surface area contributed by atoms with Crippen molar-refractivity contribution in [2.45, 2.75) is 38.1 Å². The summed E-state index contributed by atoms with van der Waals surface area (Å²) in [6.45, 7) is 2.30. The molecule has 1 unspecified atom stereocenters. The summed E-state index contributed by atoms with van der Waals surface area (Å²) in [7, 11) is 0. The van der Waals surface area contributed by atoms with Crippen LogP contribution in [-0.4, -0.2) is 32.6 Å². The molecule has 8 heteroatoms. The van der Waals surface area contributed by atoms with E-state index in [2.05, 4.69) is 50.7 Å². The van der Waals surface area contributed by atoms with Crippen molar-refractivity contribution < 1.29 is 0 Å². The van der Waals surface area contributed by atoms with Crippen LogP contribution in [0.4, 0.5) is 11.6 Å². The first-order valence-electron chi connectivity index (χ1n) is 12.9. The second-order valence-electron chi connectivity index (χ2n) is 9.70. The largest absolute Gasteiger partial charge is 0.324 e. The summed E-state index contributed by atoms with van der Waals surface area (Å²) in [6.07, 6.45) is 11.4. The summed E-state index contributed by atoms with van der Waals surface area (Å²) in [5, 5.41) is 7.96. The van der Waals surface area contributed by atoms with Gasteiger partial charge in [-0.3, -0.25) is 14.3 Å². The van der Waals surface area contributed by atoms with E-state index in [9.17, 15) is 4.79 Å². The van der Waals surface area contributed by atoms with E-state index >= 15 is 0 Å². The minimum absolute atomic E-state index is 0.220. The Balaban J connectivity index is 1.37. The standard InChI is InChI=1S/C30H27ClN6O/c31-27-12-14-33-17-25(27)19-37-28-24(15-22(29(37)38)6-5-20-3-1-2-4-20)18-34-30(36-28)35-26-9-7-21(8-10-26)23-11-13-32-16-23/h3,7-10,12,14-15,17-18,23,32H,1-2,4,11,13,16,19H2,(H,34,35,36). The molecule has 0 spiro atoms. The highest BCUT2D eigenvalue weighted by atomic mass is 35.5. The first-order chi connectivity index (χ1) is 18.6. The fraction of sp³-hybridized carbons (Fsp3) is 0.267. The molecule has 1 aliphatic heterocycles. The molecule has 3 aromatic heterocycles. The van der Waals surface area contributed by atoms with Crippen molar-refractivity contribution in [1.29, 1.82) is 0 Å². The van der Waals surface area contributed by atoms with Crippen molar-refractivity contribution in [2.24, 2.45) is 0 Å². The van der Waals surface area contributed by atoms with Crippen molar-refractivity contribution in [3.8, 4) is 11.8 Å². The van der Waals surface area contributed by atoms with Gasteiger partial charge in [-0.05, 0) is 73.5 Å². The summed E-state index contributed by atoms with van der Waals surface area (Å²) in [4.78, 5) is 27.1. The maximum absolute atomic E-state index is 13.6. The van der Waals surface area contributed by atoms with E-state index in [-0.39, 0.29) is 12.1 Å². The molecule has 0 radical (unpaired) electrons. The molecule has 2 N–H and O–H groups in total. The van der Waals surface area contributed by atoms with Crippen LogP contribution in [0.2, 0.25) is 5.02 Å². The molecule has 0 amide bonds. The third kappa shape index (κ3) is 5.19. The Bertz CT molecular complexity index is 1640. The van der Waals surface area contributed by atoms with E-state index in [1.165, 1.54) is 5.56 Å². The predicted octanol–water partition coefficient (Wildman–Crippen LogP) is 5.17. The number of aromatic nitrogens is 4. The molecule has 1 aliphatic carbocycles. The third-order valence-electron chi connectivity index (χ3n) is 7.10. The highest BCUT2D eigenvalue weighted by Crippen LogP contribution is 2.25. The second-order valence-corrected chi connectivity index (χ2v) is 10.1. The van der Waals surface area contributed by atoms with Gasteiger partial charge in [0.25, 0.3) is 5.56 Å². The highest BCUT2D eigenvalue weighted by Gasteiger charge is 2.17. The minimum Gasteiger partial charge on any atom is -0.324 e. The number of halogens is 1. The number of nitrogens with zero attached hydrogens (tertiary/aromatic N) is 4. The van der Waals surface area contributed by atoms with Crippen molar-refractivity contribution in [1.82, 2.24) is 24.8 Å². The molecule has 38 heavy (non-hydrogen) atoms. The molecule has 2 aliphatic rings. The van der Waals surface area contributed by atoms with Gasteiger partial charge in [0.15, 0.2) is 0 Å². The van der Waals surface area contributed by atoms with Crippen LogP contribution in [0.3, 0.4) is 0 Å². The molecule has 1 saturated heterocycles. The fourth-order valence-electron chi connectivity index (χ4n) is 4.99. The van der Waals surface area contributed by atoms with Crippen molar-refractivity contribution >= 4 is 34.3 Å². The Morgan fingerprint density at radius 3 is 2.82 bits per heavy atom. The Morgan fingerprint density at radius 1 is 1.16 bits per heavy atom. The number of fused-ring (bicyclic) bond motifs is 1. The summed E-state index contributed by atoms with van der Waals surface area (Å²) >= 11 is 6.42. The molecule has 4 heterocycles. The summed E-state index contributed by atoms with van der Waals surface area (Å²) in [6, 6.07) is 11.9. The minimum atomic E-state index is -0.220. The Morgan fingerprint density at radius 2 is 2.05 bits per heavy atom. The van der Waals surface area contributed by atoms with Gasteiger partial charge in [0, 0.05) is 46.8 Å². The zero-order chi connectivity index (χ0) is 25.9. The lowest BCUT2D eigenvalue weighted by Crippen LogP contribution is -2.24. The van der Waals surface area contributed by atoms with Crippen LogP contribution in [0.15, 0.2) is 71.4 Å². The molecule has 190 valence electrons. The summed E-state index contributed by atoms with van der Waals surface area (Å²) < 4.78 is 1.61. The molecule has 1 aromatic carbocycles. The second kappa shape index (κ2) is 10.8. The quantitative estimate of drug-likeness (QED) is 0.352. The van der Waals surface area contributed by atoms with Crippen LogP contribution in [0.25, 0.3) is 11.0 Å². The van der Waals surface area contributed by atoms with Gasteiger partial charge < -0.3 is 10.6 Å². The smallest absolute Gasteiger partial charge is 0.268 e. The van der Waals surface area contributed by atoms with Gasteiger partial charge in [-0.25, -0.2) is 4.98 Å². The molecule has 0 saturated carbocycles.